The molecule has 0 saturated heterocycles. The Labute approximate surface area is 81.8 Å². The topological polar surface area (TPSA) is 30.5 Å². The van der Waals surface area contributed by atoms with Crippen molar-refractivity contribution in [3.63, 3.8) is 0 Å². The van der Waals surface area contributed by atoms with E-state index in [-0.39, 0.29) is 0 Å². The number of nitrogens with one attached hydrogen (secondary N) is 1. The SMILES string of the molecule is CCNCCCOCCOC(C)C. The summed E-state index contributed by atoms with van der Waals surface area (Å²) in [5.74, 6) is 0. The zero-order chi connectivity index (χ0) is 9.94. The number of rotatable bonds is 9. The molecule has 0 atom stereocenters. The van der Waals surface area contributed by atoms with Gasteiger partial charge in [-0.2, -0.15) is 0 Å². The average Bonchev–Trinajstić information content (AvgIpc) is 2.09. The summed E-state index contributed by atoms with van der Waals surface area (Å²) in [6.07, 6.45) is 1.39. The Hall–Kier alpha value is -0.120. The molecule has 0 unspecified atom stereocenters. The number of ether oxygens (including phenoxy) is 2. The van der Waals surface area contributed by atoms with Crippen molar-refractivity contribution in [1.29, 1.82) is 0 Å². The van der Waals surface area contributed by atoms with E-state index in [0.717, 1.165) is 26.1 Å². The molecule has 0 aliphatic carbocycles. The molecule has 0 radical (unpaired) electrons. The molecule has 0 bridgehead atoms. The lowest BCUT2D eigenvalue weighted by Gasteiger charge is -2.07. The van der Waals surface area contributed by atoms with Gasteiger partial charge in [0.25, 0.3) is 0 Å². The monoisotopic (exact) mass is 189 g/mol. The van der Waals surface area contributed by atoms with Crippen LogP contribution < -0.4 is 5.32 Å². The summed E-state index contributed by atoms with van der Waals surface area (Å²) in [5.41, 5.74) is 0. The number of hydrogen-bond acceptors (Lipinski definition) is 3. The molecule has 0 fully saturated rings. The van der Waals surface area contributed by atoms with Gasteiger partial charge in [0.2, 0.25) is 0 Å². The fourth-order valence-electron chi connectivity index (χ4n) is 0.921. The van der Waals surface area contributed by atoms with E-state index in [4.69, 9.17) is 9.47 Å². The van der Waals surface area contributed by atoms with Gasteiger partial charge in [-0.05, 0) is 33.4 Å². The highest BCUT2D eigenvalue weighted by molar-refractivity contribution is 4.43. The minimum absolute atomic E-state index is 0.311. The van der Waals surface area contributed by atoms with E-state index in [9.17, 15) is 0 Å². The van der Waals surface area contributed by atoms with E-state index in [1.807, 2.05) is 13.8 Å². The van der Waals surface area contributed by atoms with E-state index in [2.05, 4.69) is 12.2 Å². The molecule has 0 heterocycles. The maximum Gasteiger partial charge on any atom is 0.0703 e. The van der Waals surface area contributed by atoms with Gasteiger partial charge in [-0.25, -0.2) is 0 Å². The lowest BCUT2D eigenvalue weighted by Crippen LogP contribution is -2.16. The van der Waals surface area contributed by atoms with Crippen LogP contribution in [0.4, 0.5) is 0 Å². The summed E-state index contributed by atoms with van der Waals surface area (Å²) < 4.78 is 10.7. The zero-order valence-corrected chi connectivity index (χ0v) is 9.14. The molecule has 0 aliphatic heterocycles. The lowest BCUT2D eigenvalue weighted by atomic mass is 10.4. The van der Waals surface area contributed by atoms with Crippen molar-refractivity contribution >= 4 is 0 Å². The van der Waals surface area contributed by atoms with Crippen LogP contribution in [0.2, 0.25) is 0 Å². The van der Waals surface area contributed by atoms with Gasteiger partial charge in [0.15, 0.2) is 0 Å². The summed E-state index contributed by atoms with van der Waals surface area (Å²) in [6, 6.07) is 0. The fraction of sp³-hybridized carbons (Fsp3) is 1.00. The van der Waals surface area contributed by atoms with Gasteiger partial charge in [-0.1, -0.05) is 6.92 Å². The normalized spacial score (nSPS) is 11.1. The van der Waals surface area contributed by atoms with Crippen LogP contribution in [0, 0.1) is 0 Å². The number of hydrogen-bond donors (Lipinski definition) is 1. The molecule has 0 amide bonds. The first-order valence-corrected chi connectivity index (χ1v) is 5.17. The van der Waals surface area contributed by atoms with Crippen molar-refractivity contribution in [2.24, 2.45) is 0 Å². The molecule has 0 saturated carbocycles. The van der Waals surface area contributed by atoms with E-state index in [1.54, 1.807) is 0 Å². The maximum absolute atomic E-state index is 5.37. The van der Waals surface area contributed by atoms with Crippen molar-refractivity contribution in [3.8, 4) is 0 Å². The van der Waals surface area contributed by atoms with E-state index in [0.29, 0.717) is 19.3 Å². The Bertz CT molecular complexity index is 96.9. The molecular weight excluding hydrogens is 166 g/mol. The van der Waals surface area contributed by atoms with Gasteiger partial charge in [0, 0.05) is 6.61 Å². The molecule has 80 valence electrons. The molecule has 0 aromatic heterocycles. The van der Waals surface area contributed by atoms with Crippen LogP contribution in [-0.2, 0) is 9.47 Å². The Morgan fingerprint density at radius 3 is 2.54 bits per heavy atom. The van der Waals surface area contributed by atoms with Crippen LogP contribution in [0.5, 0.6) is 0 Å². The fourth-order valence-corrected chi connectivity index (χ4v) is 0.921. The average molecular weight is 189 g/mol. The predicted molar refractivity (Wildman–Crippen MR) is 55.1 cm³/mol. The summed E-state index contributed by atoms with van der Waals surface area (Å²) >= 11 is 0. The van der Waals surface area contributed by atoms with Crippen molar-refractivity contribution in [1.82, 2.24) is 5.32 Å². The second-order valence-corrected chi connectivity index (χ2v) is 3.24. The Morgan fingerprint density at radius 2 is 1.92 bits per heavy atom. The largest absolute Gasteiger partial charge is 0.379 e. The van der Waals surface area contributed by atoms with Crippen molar-refractivity contribution in [3.05, 3.63) is 0 Å². The lowest BCUT2D eigenvalue weighted by molar-refractivity contribution is 0.0191. The highest BCUT2D eigenvalue weighted by Gasteiger charge is 1.92. The van der Waals surface area contributed by atoms with Gasteiger partial charge < -0.3 is 14.8 Å². The minimum Gasteiger partial charge on any atom is -0.379 e. The molecule has 0 spiro atoms. The van der Waals surface area contributed by atoms with Gasteiger partial charge in [-0.15, -0.1) is 0 Å². The quantitative estimate of drug-likeness (QED) is 0.557. The van der Waals surface area contributed by atoms with Crippen LogP contribution in [0.25, 0.3) is 0 Å². The van der Waals surface area contributed by atoms with Crippen LogP contribution in [0.15, 0.2) is 0 Å². The summed E-state index contributed by atoms with van der Waals surface area (Å²) in [7, 11) is 0. The first-order valence-electron chi connectivity index (χ1n) is 5.17. The second kappa shape index (κ2) is 9.96. The van der Waals surface area contributed by atoms with Gasteiger partial charge >= 0.3 is 0 Å². The predicted octanol–water partition coefficient (Wildman–Crippen LogP) is 1.43. The summed E-state index contributed by atoms with van der Waals surface area (Å²) in [6.45, 7) is 10.5. The second-order valence-electron chi connectivity index (χ2n) is 3.24. The van der Waals surface area contributed by atoms with Crippen LogP contribution in [-0.4, -0.2) is 39.0 Å². The molecule has 3 nitrogen and oxygen atoms in total. The third-order valence-corrected chi connectivity index (χ3v) is 1.57. The van der Waals surface area contributed by atoms with Gasteiger partial charge in [0.05, 0.1) is 19.3 Å². The molecular formula is C10H23NO2. The highest BCUT2D eigenvalue weighted by atomic mass is 16.5. The summed E-state index contributed by atoms with van der Waals surface area (Å²) in [4.78, 5) is 0. The van der Waals surface area contributed by atoms with E-state index < -0.39 is 0 Å². The van der Waals surface area contributed by atoms with Crippen molar-refractivity contribution < 1.29 is 9.47 Å². The molecule has 0 aromatic rings. The summed E-state index contributed by atoms with van der Waals surface area (Å²) in [5, 5.41) is 3.25. The molecule has 0 aliphatic rings. The molecule has 13 heavy (non-hydrogen) atoms. The van der Waals surface area contributed by atoms with Crippen LogP contribution in [0.1, 0.15) is 27.2 Å². The molecule has 3 heteroatoms. The Morgan fingerprint density at radius 1 is 1.15 bits per heavy atom. The highest BCUT2D eigenvalue weighted by Crippen LogP contribution is 1.88. The Kier molecular flexibility index (Phi) is 9.87. The van der Waals surface area contributed by atoms with Gasteiger partial charge in [-0.3, -0.25) is 0 Å². The minimum atomic E-state index is 0.311. The zero-order valence-electron chi connectivity index (χ0n) is 9.14. The van der Waals surface area contributed by atoms with Crippen molar-refractivity contribution in [2.75, 3.05) is 32.9 Å². The third-order valence-electron chi connectivity index (χ3n) is 1.57. The maximum atomic E-state index is 5.37. The van der Waals surface area contributed by atoms with Crippen LogP contribution in [0.3, 0.4) is 0 Å². The molecule has 0 rings (SSSR count). The first-order chi connectivity index (χ1) is 6.27. The third kappa shape index (κ3) is 11.9. The van der Waals surface area contributed by atoms with Gasteiger partial charge in [0.1, 0.15) is 0 Å². The Balaban J connectivity index is 2.84. The van der Waals surface area contributed by atoms with Crippen LogP contribution >= 0.6 is 0 Å². The smallest absolute Gasteiger partial charge is 0.0703 e. The van der Waals surface area contributed by atoms with Crippen molar-refractivity contribution in [2.45, 2.75) is 33.3 Å². The standard InChI is InChI=1S/C10H23NO2/c1-4-11-6-5-7-12-8-9-13-10(2)3/h10-11H,4-9H2,1-3H3. The van der Waals surface area contributed by atoms with E-state index >= 15 is 0 Å². The molecule has 0 aromatic carbocycles. The first kappa shape index (κ1) is 12.9. The molecule has 1 N–H and O–H groups in total. The van der Waals surface area contributed by atoms with E-state index in [1.165, 1.54) is 0 Å².